The highest BCUT2D eigenvalue weighted by atomic mass is 32.2. The zero-order valence-corrected chi connectivity index (χ0v) is 25.9. The Balaban J connectivity index is 1.25. The number of nitrogens with one attached hydrogen (secondary N) is 1. The van der Waals surface area contributed by atoms with E-state index in [1.165, 1.54) is 33.2 Å². The summed E-state index contributed by atoms with van der Waals surface area (Å²) in [5.41, 5.74) is 1.26. The first-order valence-corrected chi connectivity index (χ1v) is 16.0. The van der Waals surface area contributed by atoms with Crippen LogP contribution in [0.2, 0.25) is 0 Å². The highest BCUT2D eigenvalue weighted by Gasteiger charge is 2.29. The van der Waals surface area contributed by atoms with Crippen molar-refractivity contribution in [1.82, 2.24) is 39.1 Å². The Hall–Kier alpha value is -4.08. The highest BCUT2D eigenvalue weighted by molar-refractivity contribution is 7.98. The molecule has 45 heavy (non-hydrogen) atoms. The molecule has 0 aliphatic carbocycles. The van der Waals surface area contributed by atoms with Crippen molar-refractivity contribution in [2.45, 2.75) is 36.9 Å². The third-order valence-electron chi connectivity index (χ3n) is 8.36. The van der Waals surface area contributed by atoms with E-state index < -0.39 is 12.5 Å². The largest absolute Gasteiger partial charge is 0.434 e. The summed E-state index contributed by atoms with van der Waals surface area (Å²) >= 11 is 1.42. The molecule has 0 spiro atoms. The highest BCUT2D eigenvalue weighted by Crippen LogP contribution is 2.38. The second kappa shape index (κ2) is 13.5. The Morgan fingerprint density at radius 2 is 1.91 bits per heavy atom. The molecule has 2 amide bonds. The summed E-state index contributed by atoms with van der Waals surface area (Å²) in [4.78, 5) is 38.6. The average Bonchev–Trinajstić information content (AvgIpc) is 3.65. The van der Waals surface area contributed by atoms with Gasteiger partial charge in [0, 0.05) is 74.4 Å². The predicted molar refractivity (Wildman–Crippen MR) is 166 cm³/mol. The quantitative estimate of drug-likeness (QED) is 0.276. The number of fused-ring (bicyclic) bond motifs is 1. The van der Waals surface area contributed by atoms with Gasteiger partial charge in [-0.15, -0.1) is 11.8 Å². The number of hydrogen-bond acceptors (Lipinski definition) is 9. The van der Waals surface area contributed by atoms with E-state index in [0.29, 0.717) is 24.8 Å². The molecule has 2 aliphatic rings. The van der Waals surface area contributed by atoms with Crippen molar-refractivity contribution in [2.24, 2.45) is 0 Å². The van der Waals surface area contributed by atoms with Gasteiger partial charge in [0.15, 0.2) is 5.65 Å². The van der Waals surface area contributed by atoms with E-state index in [1.807, 2.05) is 11.2 Å². The molecule has 6 rings (SSSR count). The standard InChI is InChI=1S/C30H35F2N9O3S/c1-37-12-14-38(15-13-37)20-6-10-39(11-7-20)26(42)19-40-18-24(35-29(43)23-17-34-41-9-3-8-33-28(23)41)27(36-40)22-16-21(45-2)4-5-25(22)44-30(31)32/h3-5,8-9,16-18,20,30H,6-7,10-15,19H2,1-2H3,(H,35,43). The smallest absolute Gasteiger partial charge is 0.387 e. The lowest BCUT2D eigenvalue weighted by Gasteiger charge is -2.42. The molecule has 0 saturated carbocycles. The number of hydrogen-bond donors (Lipinski definition) is 1. The van der Waals surface area contributed by atoms with E-state index in [4.69, 9.17) is 4.74 Å². The Bertz CT molecular complexity index is 1660. The van der Waals surface area contributed by atoms with Gasteiger partial charge < -0.3 is 19.9 Å². The number of nitrogens with zero attached hydrogens (tertiary/aromatic N) is 8. The molecule has 0 atom stereocenters. The van der Waals surface area contributed by atoms with Crippen LogP contribution in [0, 0.1) is 0 Å². The van der Waals surface area contributed by atoms with Gasteiger partial charge in [-0.1, -0.05) is 0 Å². The molecule has 2 fully saturated rings. The summed E-state index contributed by atoms with van der Waals surface area (Å²) in [6, 6.07) is 6.95. The number of likely N-dealkylation sites (N-methyl/N-ethyl adjacent to an activating group) is 1. The molecule has 2 aliphatic heterocycles. The van der Waals surface area contributed by atoms with E-state index in [9.17, 15) is 18.4 Å². The van der Waals surface area contributed by atoms with Crippen LogP contribution in [-0.4, -0.2) is 116 Å². The minimum atomic E-state index is -3.07. The van der Waals surface area contributed by atoms with E-state index in [1.54, 1.807) is 36.8 Å². The lowest BCUT2D eigenvalue weighted by atomic mass is 10.0. The summed E-state index contributed by atoms with van der Waals surface area (Å²) in [5.74, 6) is -0.717. The zero-order chi connectivity index (χ0) is 31.5. The molecule has 1 N–H and O–H groups in total. The lowest BCUT2D eigenvalue weighted by molar-refractivity contribution is -0.133. The Morgan fingerprint density at radius 3 is 2.64 bits per heavy atom. The van der Waals surface area contributed by atoms with Crippen LogP contribution in [0.4, 0.5) is 14.5 Å². The van der Waals surface area contributed by atoms with Crippen LogP contribution in [0.25, 0.3) is 16.9 Å². The van der Waals surface area contributed by atoms with Gasteiger partial charge >= 0.3 is 6.61 Å². The molecular formula is C30H35F2N9O3S. The number of aromatic nitrogens is 5. The van der Waals surface area contributed by atoms with E-state index >= 15 is 0 Å². The monoisotopic (exact) mass is 639 g/mol. The normalized spacial score (nSPS) is 16.9. The molecule has 0 bridgehead atoms. The number of halogens is 2. The molecule has 1 aromatic carbocycles. The van der Waals surface area contributed by atoms with Crippen LogP contribution < -0.4 is 10.1 Å². The number of likely N-dealkylation sites (tertiary alicyclic amines) is 1. The molecule has 238 valence electrons. The van der Waals surface area contributed by atoms with Crippen LogP contribution in [0.3, 0.4) is 0 Å². The van der Waals surface area contributed by atoms with Crippen molar-refractivity contribution in [1.29, 1.82) is 0 Å². The topological polar surface area (TPSA) is 113 Å². The van der Waals surface area contributed by atoms with Crippen molar-refractivity contribution < 1.29 is 23.1 Å². The Kier molecular flexibility index (Phi) is 9.28. The number of piperazine rings is 1. The number of piperidine rings is 1. The molecule has 3 aromatic heterocycles. The van der Waals surface area contributed by atoms with Gasteiger partial charge in [0.25, 0.3) is 5.91 Å². The van der Waals surface area contributed by atoms with Gasteiger partial charge in [-0.25, -0.2) is 9.50 Å². The van der Waals surface area contributed by atoms with Crippen molar-refractivity contribution in [2.75, 3.05) is 57.9 Å². The second-order valence-corrected chi connectivity index (χ2v) is 12.1. The van der Waals surface area contributed by atoms with Crippen LogP contribution in [0.1, 0.15) is 23.2 Å². The number of benzene rings is 1. The summed E-state index contributed by atoms with van der Waals surface area (Å²) < 4.78 is 34.5. The average molecular weight is 640 g/mol. The number of thioether (sulfide) groups is 1. The van der Waals surface area contributed by atoms with E-state index in [2.05, 4.69) is 37.3 Å². The zero-order valence-electron chi connectivity index (χ0n) is 25.1. The van der Waals surface area contributed by atoms with Crippen LogP contribution in [-0.2, 0) is 11.3 Å². The predicted octanol–water partition coefficient (Wildman–Crippen LogP) is 3.41. The summed E-state index contributed by atoms with van der Waals surface area (Å²) in [7, 11) is 2.14. The fourth-order valence-electron chi connectivity index (χ4n) is 5.90. The molecule has 5 heterocycles. The first kappa shape index (κ1) is 30.9. The number of alkyl halides is 2. The number of anilines is 1. The number of carbonyl (C=O) groups is 2. The number of carbonyl (C=O) groups excluding carboxylic acids is 2. The number of amides is 2. The number of rotatable bonds is 9. The van der Waals surface area contributed by atoms with Gasteiger partial charge in [0.1, 0.15) is 23.6 Å². The first-order chi connectivity index (χ1) is 21.8. The van der Waals surface area contributed by atoms with E-state index in [-0.39, 0.29) is 40.7 Å². The van der Waals surface area contributed by atoms with Gasteiger partial charge in [0.05, 0.1) is 11.9 Å². The molecular weight excluding hydrogens is 604 g/mol. The third kappa shape index (κ3) is 6.94. The fraction of sp³-hybridized carbons (Fsp3) is 0.433. The van der Waals surface area contributed by atoms with Gasteiger partial charge in [-0.3, -0.25) is 19.2 Å². The number of ether oxygens (including phenoxy) is 1. The van der Waals surface area contributed by atoms with Crippen LogP contribution in [0.15, 0.2) is 53.9 Å². The van der Waals surface area contributed by atoms with Gasteiger partial charge in [0.2, 0.25) is 5.91 Å². The van der Waals surface area contributed by atoms with Crippen LogP contribution >= 0.6 is 11.8 Å². The minimum absolute atomic E-state index is 0.0758. The maximum Gasteiger partial charge on any atom is 0.387 e. The second-order valence-electron chi connectivity index (χ2n) is 11.2. The van der Waals surface area contributed by atoms with Crippen molar-refractivity contribution in [3.63, 3.8) is 0 Å². The SMILES string of the molecule is CSc1ccc(OC(F)F)c(-c2nn(CC(=O)N3CCC(N4CCN(C)CC4)CC3)cc2NC(=O)c2cnn3cccnc23)c1. The molecule has 4 aromatic rings. The fourth-order valence-corrected chi connectivity index (χ4v) is 6.34. The minimum Gasteiger partial charge on any atom is -0.434 e. The molecule has 2 saturated heterocycles. The molecule has 0 radical (unpaired) electrons. The summed E-state index contributed by atoms with van der Waals surface area (Å²) in [6.45, 7) is 2.35. The van der Waals surface area contributed by atoms with Crippen LogP contribution in [0.5, 0.6) is 5.75 Å². The van der Waals surface area contributed by atoms with Gasteiger partial charge in [-0.2, -0.15) is 19.0 Å². The molecule has 0 unspecified atom stereocenters. The third-order valence-corrected chi connectivity index (χ3v) is 9.09. The molecule has 12 nitrogen and oxygen atoms in total. The first-order valence-electron chi connectivity index (χ1n) is 14.8. The van der Waals surface area contributed by atoms with Crippen molar-refractivity contribution >= 4 is 34.9 Å². The summed E-state index contributed by atoms with van der Waals surface area (Å²) in [6.07, 6.45) is 9.84. The Morgan fingerprint density at radius 1 is 1.13 bits per heavy atom. The molecule has 15 heteroatoms. The van der Waals surface area contributed by atoms with Crippen molar-refractivity contribution in [3.8, 4) is 17.0 Å². The van der Waals surface area contributed by atoms with Gasteiger partial charge in [-0.05, 0) is 50.4 Å². The maximum atomic E-state index is 13.4. The lowest BCUT2D eigenvalue weighted by Crippen LogP contribution is -2.53. The van der Waals surface area contributed by atoms with E-state index in [0.717, 1.165) is 43.9 Å². The maximum absolute atomic E-state index is 13.4. The summed E-state index contributed by atoms with van der Waals surface area (Å²) in [5, 5.41) is 11.6. The van der Waals surface area contributed by atoms with Crippen molar-refractivity contribution in [3.05, 3.63) is 54.6 Å². The Labute approximate surface area is 263 Å².